The number of hydrogen-bond donors (Lipinski definition) is 1. The number of nitrogens with zero attached hydrogens (tertiary/aromatic N) is 2. The van der Waals surface area contributed by atoms with Gasteiger partial charge in [0.2, 0.25) is 17.7 Å². The van der Waals surface area contributed by atoms with Gasteiger partial charge < -0.3 is 9.47 Å². The molecule has 0 aliphatic rings. The van der Waals surface area contributed by atoms with Gasteiger partial charge in [-0.3, -0.25) is 10.1 Å². The zero-order chi connectivity index (χ0) is 15.4. The summed E-state index contributed by atoms with van der Waals surface area (Å²) in [6, 6.07) is 6.92. The van der Waals surface area contributed by atoms with Crippen molar-refractivity contribution in [3.63, 3.8) is 0 Å². The number of rotatable bonds is 4. The topological polar surface area (TPSA) is 73.3 Å². The average molecular weight is 352 g/mol. The molecule has 0 aliphatic heterocycles. The molecule has 0 radical (unpaired) electrons. The summed E-state index contributed by atoms with van der Waals surface area (Å²) in [5.74, 6) is 0.436. The molecule has 110 valence electrons. The van der Waals surface area contributed by atoms with Crippen molar-refractivity contribution in [2.75, 3.05) is 19.5 Å². The van der Waals surface area contributed by atoms with Crippen LogP contribution in [0, 0.1) is 6.92 Å². The Hall–Kier alpha value is -2.15. The largest absolute Gasteiger partial charge is 0.481 e. The molecule has 21 heavy (non-hydrogen) atoms. The normalized spacial score (nSPS) is 10.1. The fourth-order valence-electron chi connectivity index (χ4n) is 1.69. The van der Waals surface area contributed by atoms with Crippen LogP contribution < -0.4 is 14.8 Å². The number of carbonyl (C=O) groups is 1. The average Bonchev–Trinajstić information content (AvgIpc) is 2.49. The molecule has 0 aliphatic carbocycles. The van der Waals surface area contributed by atoms with Crippen LogP contribution in [0.3, 0.4) is 0 Å². The number of benzene rings is 1. The predicted octanol–water partition coefficient (Wildman–Crippen LogP) is 2.82. The van der Waals surface area contributed by atoms with Crippen LogP contribution in [-0.4, -0.2) is 30.1 Å². The van der Waals surface area contributed by atoms with E-state index in [-0.39, 0.29) is 11.9 Å². The summed E-state index contributed by atoms with van der Waals surface area (Å²) in [5, 5.41) is 2.63. The summed E-state index contributed by atoms with van der Waals surface area (Å²) in [5.41, 5.74) is 1.37. The lowest BCUT2D eigenvalue weighted by molar-refractivity contribution is 0.102. The third-order valence-corrected chi connectivity index (χ3v) is 3.69. The maximum Gasteiger partial charge on any atom is 0.258 e. The van der Waals surface area contributed by atoms with Gasteiger partial charge in [-0.25, -0.2) is 0 Å². The highest BCUT2D eigenvalue weighted by molar-refractivity contribution is 9.10. The van der Waals surface area contributed by atoms with Crippen LogP contribution in [0.2, 0.25) is 0 Å². The van der Waals surface area contributed by atoms with Crippen LogP contribution in [-0.2, 0) is 0 Å². The lowest BCUT2D eigenvalue weighted by Crippen LogP contribution is -2.16. The molecule has 0 spiro atoms. The van der Waals surface area contributed by atoms with Crippen LogP contribution in [0.25, 0.3) is 0 Å². The summed E-state index contributed by atoms with van der Waals surface area (Å²) in [7, 11) is 2.96. The van der Waals surface area contributed by atoms with Gasteiger partial charge in [0, 0.05) is 10.0 Å². The quantitative estimate of drug-likeness (QED) is 0.916. The van der Waals surface area contributed by atoms with Crippen LogP contribution in [0.15, 0.2) is 28.7 Å². The van der Waals surface area contributed by atoms with Gasteiger partial charge >= 0.3 is 0 Å². The zero-order valence-electron chi connectivity index (χ0n) is 11.8. The Balaban J connectivity index is 2.29. The molecule has 0 saturated carbocycles. The lowest BCUT2D eigenvalue weighted by atomic mass is 10.1. The van der Waals surface area contributed by atoms with Gasteiger partial charge in [0.05, 0.1) is 20.3 Å². The maximum absolute atomic E-state index is 12.3. The van der Waals surface area contributed by atoms with Gasteiger partial charge in [-0.05, 0) is 24.6 Å². The van der Waals surface area contributed by atoms with E-state index in [1.165, 1.54) is 20.3 Å². The standard InChI is InChI=1S/C14H14BrN3O3/c1-8-9(5-4-6-10(8)15)13(19)18-14-16-11(20-2)7-12(17-14)21-3/h4-7H,1-3H3,(H,16,17,18,19). The number of ether oxygens (including phenoxy) is 2. The molecule has 1 heterocycles. The Bertz CT molecular complexity index is 654. The zero-order valence-corrected chi connectivity index (χ0v) is 13.4. The maximum atomic E-state index is 12.3. The third kappa shape index (κ3) is 3.49. The second-order valence-electron chi connectivity index (χ2n) is 4.14. The van der Waals surface area contributed by atoms with Gasteiger partial charge in [-0.2, -0.15) is 9.97 Å². The van der Waals surface area contributed by atoms with E-state index in [4.69, 9.17) is 9.47 Å². The van der Waals surface area contributed by atoms with Crippen LogP contribution in [0.5, 0.6) is 11.8 Å². The molecular formula is C14H14BrN3O3. The Morgan fingerprint density at radius 1 is 1.19 bits per heavy atom. The molecule has 7 heteroatoms. The fourth-order valence-corrected chi connectivity index (χ4v) is 2.06. The number of anilines is 1. The van der Waals surface area contributed by atoms with Crippen molar-refractivity contribution in [1.82, 2.24) is 9.97 Å². The molecule has 0 atom stereocenters. The minimum absolute atomic E-state index is 0.121. The minimum atomic E-state index is -0.302. The van der Waals surface area contributed by atoms with Gasteiger partial charge in [-0.15, -0.1) is 0 Å². The van der Waals surface area contributed by atoms with Gasteiger partial charge in [-0.1, -0.05) is 22.0 Å². The Labute approximate surface area is 130 Å². The van der Waals surface area contributed by atoms with Crippen molar-refractivity contribution in [2.45, 2.75) is 6.92 Å². The highest BCUT2D eigenvalue weighted by atomic mass is 79.9. The van der Waals surface area contributed by atoms with Gasteiger partial charge in [0.25, 0.3) is 5.91 Å². The van der Waals surface area contributed by atoms with Gasteiger partial charge in [0.15, 0.2) is 0 Å². The van der Waals surface area contributed by atoms with Crippen molar-refractivity contribution < 1.29 is 14.3 Å². The van der Waals surface area contributed by atoms with E-state index in [1.807, 2.05) is 13.0 Å². The Morgan fingerprint density at radius 3 is 2.38 bits per heavy atom. The minimum Gasteiger partial charge on any atom is -0.481 e. The molecule has 0 unspecified atom stereocenters. The van der Waals surface area contributed by atoms with E-state index in [0.29, 0.717) is 17.3 Å². The fraction of sp³-hybridized carbons (Fsp3) is 0.214. The molecule has 0 bridgehead atoms. The first-order chi connectivity index (χ1) is 10.0. The summed E-state index contributed by atoms with van der Waals surface area (Å²) in [6.45, 7) is 1.85. The van der Waals surface area contributed by atoms with Gasteiger partial charge in [0.1, 0.15) is 0 Å². The summed E-state index contributed by atoms with van der Waals surface area (Å²) in [6.07, 6.45) is 0. The molecule has 1 amide bonds. The SMILES string of the molecule is COc1cc(OC)nc(NC(=O)c2cccc(Br)c2C)n1. The van der Waals surface area contributed by atoms with E-state index in [2.05, 4.69) is 31.2 Å². The van der Waals surface area contributed by atoms with Crippen LogP contribution in [0.1, 0.15) is 15.9 Å². The number of carbonyl (C=O) groups excluding carboxylic acids is 1. The molecule has 1 N–H and O–H groups in total. The van der Waals surface area contributed by atoms with Crippen LogP contribution in [0.4, 0.5) is 5.95 Å². The summed E-state index contributed by atoms with van der Waals surface area (Å²) >= 11 is 3.39. The molecule has 1 aromatic carbocycles. The lowest BCUT2D eigenvalue weighted by Gasteiger charge is -2.09. The van der Waals surface area contributed by atoms with E-state index in [1.54, 1.807) is 12.1 Å². The highest BCUT2D eigenvalue weighted by Gasteiger charge is 2.13. The second-order valence-corrected chi connectivity index (χ2v) is 5.00. The van der Waals surface area contributed by atoms with E-state index < -0.39 is 0 Å². The van der Waals surface area contributed by atoms with Crippen molar-refractivity contribution in [3.05, 3.63) is 39.9 Å². The molecule has 2 rings (SSSR count). The number of aromatic nitrogens is 2. The number of hydrogen-bond acceptors (Lipinski definition) is 5. The first-order valence-corrected chi connectivity index (χ1v) is 6.88. The monoisotopic (exact) mass is 351 g/mol. The third-order valence-electron chi connectivity index (χ3n) is 2.84. The highest BCUT2D eigenvalue weighted by Crippen LogP contribution is 2.21. The molecule has 6 nitrogen and oxygen atoms in total. The number of halogens is 1. The van der Waals surface area contributed by atoms with E-state index in [0.717, 1.165) is 10.0 Å². The summed E-state index contributed by atoms with van der Waals surface area (Å²) < 4.78 is 10.9. The predicted molar refractivity (Wildman–Crippen MR) is 82.0 cm³/mol. The van der Waals surface area contributed by atoms with Crippen molar-refractivity contribution in [3.8, 4) is 11.8 Å². The first-order valence-electron chi connectivity index (χ1n) is 6.08. The first kappa shape index (κ1) is 15.2. The number of amides is 1. The van der Waals surface area contributed by atoms with E-state index in [9.17, 15) is 4.79 Å². The molecular weight excluding hydrogens is 338 g/mol. The van der Waals surface area contributed by atoms with Crippen molar-refractivity contribution >= 4 is 27.8 Å². The molecule has 2 aromatic rings. The molecule has 0 fully saturated rings. The van der Waals surface area contributed by atoms with Crippen molar-refractivity contribution in [2.24, 2.45) is 0 Å². The second kappa shape index (κ2) is 6.53. The number of methoxy groups -OCH3 is 2. The van der Waals surface area contributed by atoms with Crippen molar-refractivity contribution in [1.29, 1.82) is 0 Å². The van der Waals surface area contributed by atoms with Crippen LogP contribution >= 0.6 is 15.9 Å². The smallest absolute Gasteiger partial charge is 0.258 e. The molecule has 0 saturated heterocycles. The van der Waals surface area contributed by atoms with E-state index >= 15 is 0 Å². The molecule has 1 aromatic heterocycles. The number of nitrogens with one attached hydrogen (secondary N) is 1. The Morgan fingerprint density at radius 2 is 1.81 bits per heavy atom. The Kier molecular flexibility index (Phi) is 4.74. The summed E-state index contributed by atoms with van der Waals surface area (Å²) in [4.78, 5) is 20.4.